The van der Waals surface area contributed by atoms with Crippen LogP contribution < -0.4 is 0 Å². The average molecular weight is 208 g/mol. The molecule has 1 aliphatic heterocycles. The monoisotopic (exact) mass is 208 g/mol. The quantitative estimate of drug-likeness (QED) is 0.568. The highest BCUT2D eigenvalue weighted by molar-refractivity contribution is 5.69. The SMILES string of the molecule is [C-]#[N+]C1C2CN(C(=O)OC(C)(C)C)CC21. The Balaban J connectivity index is 1.85. The first-order valence-corrected chi connectivity index (χ1v) is 5.27. The number of ether oxygens (including phenoxy) is 1. The summed E-state index contributed by atoms with van der Waals surface area (Å²) in [6, 6.07) is 0.170. The molecule has 82 valence electrons. The Hall–Kier alpha value is -1.24. The maximum atomic E-state index is 11.6. The van der Waals surface area contributed by atoms with Gasteiger partial charge in [-0.1, -0.05) is 0 Å². The third-order valence-electron chi connectivity index (χ3n) is 2.95. The van der Waals surface area contributed by atoms with Crippen LogP contribution in [0.2, 0.25) is 0 Å². The van der Waals surface area contributed by atoms with Crippen LogP contribution in [0.4, 0.5) is 4.79 Å². The van der Waals surface area contributed by atoms with Gasteiger partial charge < -0.3 is 14.5 Å². The van der Waals surface area contributed by atoms with E-state index in [0.29, 0.717) is 24.9 Å². The molecule has 0 aromatic rings. The first-order chi connectivity index (χ1) is 6.92. The van der Waals surface area contributed by atoms with Crippen molar-refractivity contribution >= 4 is 6.09 Å². The van der Waals surface area contributed by atoms with E-state index in [4.69, 9.17) is 11.3 Å². The van der Waals surface area contributed by atoms with Gasteiger partial charge in [0.15, 0.2) is 0 Å². The molecule has 1 heterocycles. The van der Waals surface area contributed by atoms with Gasteiger partial charge in [-0.05, 0) is 20.8 Å². The summed E-state index contributed by atoms with van der Waals surface area (Å²) in [5, 5.41) is 0. The molecule has 0 spiro atoms. The Bertz CT molecular complexity index is 314. The second-order valence-electron chi connectivity index (χ2n) is 5.33. The topological polar surface area (TPSA) is 33.9 Å². The maximum Gasteiger partial charge on any atom is 0.410 e. The first-order valence-electron chi connectivity index (χ1n) is 5.27. The normalized spacial score (nSPS) is 33.2. The van der Waals surface area contributed by atoms with Gasteiger partial charge in [-0.3, -0.25) is 0 Å². The van der Waals surface area contributed by atoms with Crippen LogP contribution in [0.3, 0.4) is 0 Å². The molecule has 1 amide bonds. The average Bonchev–Trinajstić information content (AvgIpc) is 2.54. The molecule has 15 heavy (non-hydrogen) atoms. The van der Waals surface area contributed by atoms with Gasteiger partial charge in [-0.25, -0.2) is 11.4 Å². The molecule has 0 aromatic heterocycles. The Kier molecular flexibility index (Phi) is 2.14. The predicted molar refractivity (Wildman–Crippen MR) is 55.2 cm³/mol. The zero-order valence-corrected chi connectivity index (χ0v) is 9.36. The summed E-state index contributed by atoms with van der Waals surface area (Å²) in [5.74, 6) is 0.824. The minimum atomic E-state index is -0.428. The number of nitrogens with zero attached hydrogens (tertiary/aromatic N) is 2. The van der Waals surface area contributed by atoms with E-state index < -0.39 is 5.60 Å². The molecule has 2 fully saturated rings. The molecule has 2 rings (SSSR count). The fraction of sp³-hybridized carbons (Fsp3) is 0.818. The number of fused-ring (bicyclic) bond motifs is 1. The van der Waals surface area contributed by atoms with Crippen molar-refractivity contribution in [2.75, 3.05) is 13.1 Å². The number of amides is 1. The molecule has 4 nitrogen and oxygen atoms in total. The summed E-state index contributed by atoms with van der Waals surface area (Å²) < 4.78 is 5.27. The lowest BCUT2D eigenvalue weighted by Crippen LogP contribution is -2.37. The highest BCUT2D eigenvalue weighted by Crippen LogP contribution is 2.48. The molecular weight excluding hydrogens is 192 g/mol. The molecule has 0 bridgehead atoms. The summed E-state index contributed by atoms with van der Waals surface area (Å²) in [6.45, 7) is 13.9. The van der Waals surface area contributed by atoms with Crippen molar-refractivity contribution in [2.24, 2.45) is 11.8 Å². The minimum absolute atomic E-state index is 0.170. The van der Waals surface area contributed by atoms with E-state index in [1.807, 2.05) is 20.8 Å². The molecule has 2 aliphatic rings. The Labute approximate surface area is 90.0 Å². The molecule has 2 atom stereocenters. The number of likely N-dealkylation sites (tertiary alicyclic amines) is 1. The first kappa shape index (κ1) is 10.3. The second kappa shape index (κ2) is 3.13. The van der Waals surface area contributed by atoms with E-state index >= 15 is 0 Å². The molecule has 1 saturated carbocycles. The number of carbonyl (C=O) groups excluding carboxylic acids is 1. The molecule has 0 aromatic carbocycles. The molecule has 2 unspecified atom stereocenters. The molecule has 0 radical (unpaired) electrons. The lowest BCUT2D eigenvalue weighted by molar-refractivity contribution is 0.0273. The van der Waals surface area contributed by atoms with E-state index in [9.17, 15) is 4.79 Å². The Morgan fingerprint density at radius 1 is 1.40 bits per heavy atom. The predicted octanol–water partition coefficient (Wildman–Crippen LogP) is 1.77. The maximum absolute atomic E-state index is 11.6. The van der Waals surface area contributed by atoms with Gasteiger partial charge in [0.05, 0.1) is 11.8 Å². The molecule has 0 N–H and O–H groups in total. The van der Waals surface area contributed by atoms with Crippen molar-refractivity contribution < 1.29 is 9.53 Å². The van der Waals surface area contributed by atoms with Crippen LogP contribution in [-0.4, -0.2) is 35.7 Å². The summed E-state index contributed by atoms with van der Waals surface area (Å²) in [4.78, 5) is 16.9. The van der Waals surface area contributed by atoms with Crippen molar-refractivity contribution in [3.05, 3.63) is 11.4 Å². The summed E-state index contributed by atoms with van der Waals surface area (Å²) in [7, 11) is 0. The van der Waals surface area contributed by atoms with Crippen LogP contribution in [0.25, 0.3) is 4.85 Å². The number of piperidine rings is 1. The van der Waals surface area contributed by atoms with Gasteiger partial charge >= 0.3 is 6.09 Å². The van der Waals surface area contributed by atoms with E-state index in [0.717, 1.165) is 0 Å². The zero-order chi connectivity index (χ0) is 11.2. The van der Waals surface area contributed by atoms with Gasteiger partial charge in [-0.15, -0.1) is 0 Å². The molecule has 1 saturated heterocycles. The van der Waals surface area contributed by atoms with Crippen molar-refractivity contribution in [1.82, 2.24) is 4.90 Å². The highest BCUT2D eigenvalue weighted by Gasteiger charge is 2.63. The van der Waals surface area contributed by atoms with Crippen LogP contribution in [0.15, 0.2) is 0 Å². The fourth-order valence-corrected chi connectivity index (χ4v) is 2.16. The fourth-order valence-electron chi connectivity index (χ4n) is 2.16. The van der Waals surface area contributed by atoms with Crippen LogP contribution >= 0.6 is 0 Å². The van der Waals surface area contributed by atoms with Crippen LogP contribution in [0, 0.1) is 18.4 Å². The summed E-state index contributed by atoms with van der Waals surface area (Å²) >= 11 is 0. The van der Waals surface area contributed by atoms with Crippen molar-refractivity contribution in [3.63, 3.8) is 0 Å². The van der Waals surface area contributed by atoms with Gasteiger partial charge in [0.25, 0.3) is 0 Å². The van der Waals surface area contributed by atoms with Crippen LogP contribution in [-0.2, 0) is 4.74 Å². The third-order valence-corrected chi connectivity index (χ3v) is 2.95. The Morgan fingerprint density at radius 3 is 2.33 bits per heavy atom. The number of hydrogen-bond acceptors (Lipinski definition) is 2. The Morgan fingerprint density at radius 2 is 1.93 bits per heavy atom. The largest absolute Gasteiger partial charge is 0.444 e. The van der Waals surface area contributed by atoms with Gasteiger partial charge in [-0.2, -0.15) is 0 Å². The van der Waals surface area contributed by atoms with Crippen molar-refractivity contribution in [2.45, 2.75) is 32.4 Å². The number of hydrogen-bond donors (Lipinski definition) is 0. The summed E-state index contributed by atoms with van der Waals surface area (Å²) in [5.41, 5.74) is -0.428. The molecule has 4 heteroatoms. The third kappa shape index (κ3) is 1.92. The lowest BCUT2D eigenvalue weighted by atomic mass is 10.2. The number of rotatable bonds is 0. The van der Waals surface area contributed by atoms with E-state index in [2.05, 4.69) is 4.85 Å². The molecule has 1 aliphatic carbocycles. The zero-order valence-electron chi connectivity index (χ0n) is 9.36. The molecular formula is C11H16N2O2. The standard InChI is InChI=1S/C11H16N2O2/c1-11(2,3)15-10(14)13-5-7-8(6-13)9(7)12-4/h7-9H,5-6H2,1-3H3. The van der Waals surface area contributed by atoms with E-state index in [-0.39, 0.29) is 12.1 Å². The number of carbonyl (C=O) groups is 1. The lowest BCUT2D eigenvalue weighted by Gasteiger charge is -2.25. The second-order valence-corrected chi connectivity index (χ2v) is 5.33. The van der Waals surface area contributed by atoms with E-state index in [1.165, 1.54) is 0 Å². The van der Waals surface area contributed by atoms with E-state index in [1.54, 1.807) is 4.90 Å². The smallest absolute Gasteiger partial charge is 0.410 e. The highest BCUT2D eigenvalue weighted by atomic mass is 16.6. The van der Waals surface area contributed by atoms with Crippen molar-refractivity contribution in [1.29, 1.82) is 0 Å². The van der Waals surface area contributed by atoms with Gasteiger partial charge in [0.1, 0.15) is 5.60 Å². The van der Waals surface area contributed by atoms with Crippen LogP contribution in [0.5, 0.6) is 0 Å². The van der Waals surface area contributed by atoms with Gasteiger partial charge in [0.2, 0.25) is 6.04 Å². The summed E-state index contributed by atoms with van der Waals surface area (Å²) in [6.07, 6.45) is -0.238. The van der Waals surface area contributed by atoms with Gasteiger partial charge in [0, 0.05) is 13.1 Å². The van der Waals surface area contributed by atoms with Crippen LogP contribution in [0.1, 0.15) is 20.8 Å². The minimum Gasteiger partial charge on any atom is -0.444 e. The van der Waals surface area contributed by atoms with Crippen molar-refractivity contribution in [3.8, 4) is 0 Å².